The first-order valence-corrected chi connectivity index (χ1v) is 9.74. The molecule has 2 aromatic rings. The van der Waals surface area contributed by atoms with Gasteiger partial charge in [-0.15, -0.1) is 0 Å². The number of ketones is 1. The zero-order valence-corrected chi connectivity index (χ0v) is 16.8. The fourth-order valence-corrected chi connectivity index (χ4v) is 3.77. The first kappa shape index (κ1) is 22.0. The minimum absolute atomic E-state index is 0.00409. The number of aryl methyl sites for hydroxylation is 1. The third-order valence-electron chi connectivity index (χ3n) is 5.39. The van der Waals surface area contributed by atoms with Crippen molar-refractivity contribution in [1.29, 1.82) is 0 Å². The lowest BCUT2D eigenvalue weighted by molar-refractivity contribution is -0.991. The highest BCUT2D eigenvalue weighted by Gasteiger charge is 2.32. The standard InChI is InChI=1S/C21H25N3O6/c1-13-3-10-18-19(11-15(5-4-14(2)25)12-20(18)24(29)30)22(13)21(26)16-6-8-17(9-7-16)23(27)28/h6-9,11-13,23-24,27,29H,3-5,10H2,1-2H3/t13-/m0/s1. The monoisotopic (exact) mass is 415 g/mol. The number of benzene rings is 2. The van der Waals surface area contributed by atoms with Gasteiger partial charge in [0.2, 0.25) is 0 Å². The predicted octanol–water partition coefficient (Wildman–Crippen LogP) is 0.997. The van der Waals surface area contributed by atoms with Crippen LogP contribution in [0, 0.1) is 10.4 Å². The second-order valence-corrected chi connectivity index (χ2v) is 7.59. The summed E-state index contributed by atoms with van der Waals surface area (Å²) in [6.45, 7) is 3.38. The molecule has 0 spiro atoms. The molecule has 2 unspecified atom stereocenters. The molecule has 4 N–H and O–H groups in total. The molecule has 160 valence electrons. The van der Waals surface area contributed by atoms with Crippen LogP contribution < -0.4 is 15.4 Å². The molecule has 3 atom stereocenters. The third-order valence-corrected chi connectivity index (χ3v) is 5.39. The smallest absolute Gasteiger partial charge is 0.258 e. The van der Waals surface area contributed by atoms with E-state index in [4.69, 9.17) is 5.21 Å². The van der Waals surface area contributed by atoms with E-state index >= 15 is 0 Å². The Morgan fingerprint density at radius 1 is 1.13 bits per heavy atom. The molecule has 1 heterocycles. The summed E-state index contributed by atoms with van der Waals surface area (Å²) in [5.41, 5.74) is 2.39. The Morgan fingerprint density at radius 3 is 2.37 bits per heavy atom. The average Bonchev–Trinajstić information content (AvgIpc) is 2.71. The van der Waals surface area contributed by atoms with Gasteiger partial charge in [-0.25, -0.2) is 10.4 Å². The summed E-state index contributed by atoms with van der Waals surface area (Å²) in [7, 11) is 0. The van der Waals surface area contributed by atoms with Crippen molar-refractivity contribution in [3.05, 3.63) is 63.5 Å². The molecule has 0 saturated carbocycles. The van der Waals surface area contributed by atoms with Crippen molar-refractivity contribution in [2.45, 2.75) is 45.6 Å². The predicted molar refractivity (Wildman–Crippen MR) is 108 cm³/mol. The molecule has 2 aromatic carbocycles. The maximum absolute atomic E-state index is 13.3. The minimum atomic E-state index is -1.08. The summed E-state index contributed by atoms with van der Waals surface area (Å²) in [6.07, 6.45) is 1.83. The number of nitrogens with one attached hydrogen (secondary N) is 2. The van der Waals surface area contributed by atoms with Gasteiger partial charge in [-0.2, -0.15) is 10.5 Å². The third kappa shape index (κ3) is 4.57. The van der Waals surface area contributed by atoms with E-state index in [2.05, 4.69) is 0 Å². The van der Waals surface area contributed by atoms with Crippen molar-refractivity contribution in [2.24, 2.45) is 0 Å². The molecule has 0 radical (unpaired) electrons. The van der Waals surface area contributed by atoms with E-state index < -0.39 is 10.5 Å². The minimum Gasteiger partial charge on any atom is -0.595 e. The van der Waals surface area contributed by atoms with Crippen LogP contribution in [-0.2, 0) is 17.6 Å². The van der Waals surface area contributed by atoms with Crippen molar-refractivity contribution >= 4 is 28.8 Å². The number of nitrogens with zero attached hydrogens (tertiary/aromatic N) is 1. The van der Waals surface area contributed by atoms with Crippen LogP contribution in [0.25, 0.3) is 0 Å². The highest BCUT2D eigenvalue weighted by Crippen LogP contribution is 2.37. The summed E-state index contributed by atoms with van der Waals surface area (Å²) in [5, 5.41) is 39.6. The van der Waals surface area contributed by atoms with Gasteiger partial charge < -0.3 is 20.1 Å². The number of fused-ring (bicyclic) bond motifs is 1. The molecular formula is C21H25N3O6. The Balaban J connectivity index is 2.04. The van der Waals surface area contributed by atoms with Gasteiger partial charge in [0, 0.05) is 41.8 Å². The fourth-order valence-electron chi connectivity index (χ4n) is 3.77. The largest absolute Gasteiger partial charge is 0.595 e. The van der Waals surface area contributed by atoms with Gasteiger partial charge >= 0.3 is 0 Å². The number of anilines is 1. The lowest BCUT2D eigenvalue weighted by atomic mass is 9.91. The summed E-state index contributed by atoms with van der Waals surface area (Å²) in [4.78, 5) is 26.3. The van der Waals surface area contributed by atoms with Gasteiger partial charge in [0.25, 0.3) is 5.91 Å². The van der Waals surface area contributed by atoms with Gasteiger partial charge in [0.1, 0.15) is 5.78 Å². The van der Waals surface area contributed by atoms with Crippen molar-refractivity contribution in [1.82, 2.24) is 0 Å². The quantitative estimate of drug-likeness (QED) is 0.520. The number of carbonyl (C=O) groups excluding carboxylic acids is 2. The maximum Gasteiger partial charge on any atom is 0.258 e. The van der Waals surface area contributed by atoms with Gasteiger partial charge in [-0.3, -0.25) is 4.79 Å². The molecule has 1 amide bonds. The SMILES string of the molecule is CC(=O)CCc1cc2c(c([NH+]([O-])O)c1)CC[C@H](C)N2C(=O)c1ccc([NH+]([O-])O)cc1. The molecule has 30 heavy (non-hydrogen) atoms. The van der Waals surface area contributed by atoms with Crippen LogP contribution in [0.2, 0.25) is 0 Å². The normalized spacial score (nSPS) is 17.9. The summed E-state index contributed by atoms with van der Waals surface area (Å²) in [6, 6.07) is 8.89. The molecule has 1 aliphatic rings. The van der Waals surface area contributed by atoms with E-state index in [9.17, 15) is 25.2 Å². The van der Waals surface area contributed by atoms with Crippen molar-refractivity contribution in [3.8, 4) is 0 Å². The van der Waals surface area contributed by atoms with Crippen LogP contribution in [0.1, 0.15) is 48.2 Å². The van der Waals surface area contributed by atoms with Crippen molar-refractivity contribution in [3.63, 3.8) is 0 Å². The Hall–Kier alpha value is -2.66. The molecule has 1 aliphatic heterocycles. The topological polar surface area (TPSA) is 133 Å². The van der Waals surface area contributed by atoms with E-state index in [1.54, 1.807) is 17.0 Å². The Labute approximate surface area is 173 Å². The number of rotatable bonds is 6. The summed E-state index contributed by atoms with van der Waals surface area (Å²) in [5.74, 6) is -0.315. The average molecular weight is 415 g/mol. The Kier molecular flexibility index (Phi) is 6.61. The molecule has 0 aliphatic carbocycles. The lowest BCUT2D eigenvalue weighted by Crippen LogP contribution is -2.99. The molecule has 0 bridgehead atoms. The molecule has 0 aromatic heterocycles. The zero-order chi connectivity index (χ0) is 22.0. The van der Waals surface area contributed by atoms with Crippen LogP contribution in [0.3, 0.4) is 0 Å². The molecular weight excluding hydrogens is 390 g/mol. The van der Waals surface area contributed by atoms with Crippen molar-refractivity contribution < 1.29 is 30.5 Å². The van der Waals surface area contributed by atoms with E-state index in [0.29, 0.717) is 41.6 Å². The maximum atomic E-state index is 13.3. The second-order valence-electron chi connectivity index (χ2n) is 7.59. The Morgan fingerprint density at radius 2 is 1.80 bits per heavy atom. The van der Waals surface area contributed by atoms with Crippen LogP contribution in [0.5, 0.6) is 0 Å². The summed E-state index contributed by atoms with van der Waals surface area (Å²) < 4.78 is 0. The van der Waals surface area contributed by atoms with Crippen LogP contribution in [-0.4, -0.2) is 28.1 Å². The highest BCUT2D eigenvalue weighted by molar-refractivity contribution is 6.07. The van der Waals surface area contributed by atoms with Crippen LogP contribution in [0.4, 0.5) is 17.1 Å². The molecule has 9 heteroatoms. The van der Waals surface area contributed by atoms with Crippen molar-refractivity contribution in [2.75, 3.05) is 4.90 Å². The molecule has 0 saturated heterocycles. The molecule has 3 rings (SSSR count). The molecule has 0 fully saturated rings. The number of Topliss-reactive ketones (excluding diaryl/α,β-unsaturated/α-hetero) is 1. The van der Waals surface area contributed by atoms with Gasteiger partial charge in [-0.1, -0.05) is 0 Å². The van der Waals surface area contributed by atoms with E-state index in [-0.39, 0.29) is 35.5 Å². The fraction of sp³-hybridized carbons (Fsp3) is 0.333. The molecule has 9 nitrogen and oxygen atoms in total. The number of hydrogen-bond acceptors (Lipinski definition) is 6. The van der Waals surface area contributed by atoms with Crippen LogP contribution in [0.15, 0.2) is 36.4 Å². The van der Waals surface area contributed by atoms with Gasteiger partial charge in [0.05, 0.1) is 5.69 Å². The highest BCUT2D eigenvalue weighted by atomic mass is 16.8. The van der Waals surface area contributed by atoms with Gasteiger partial charge in [-0.05, 0) is 56.9 Å². The number of amides is 1. The second kappa shape index (κ2) is 9.00. The number of carbonyl (C=O) groups is 2. The zero-order valence-electron chi connectivity index (χ0n) is 16.8. The first-order chi connectivity index (χ1) is 14.2. The van der Waals surface area contributed by atoms with Crippen LogP contribution >= 0.6 is 0 Å². The lowest BCUT2D eigenvalue weighted by Gasteiger charge is -2.36. The number of hydrogen-bond donors (Lipinski definition) is 4. The van der Waals surface area contributed by atoms with E-state index in [0.717, 1.165) is 0 Å². The van der Waals surface area contributed by atoms with E-state index in [1.807, 2.05) is 6.92 Å². The van der Waals surface area contributed by atoms with Gasteiger partial charge in [0.15, 0.2) is 11.4 Å². The Bertz CT molecular complexity index is 943. The van der Waals surface area contributed by atoms with E-state index in [1.165, 1.54) is 31.2 Å². The number of quaternary nitrogens is 2. The first-order valence-electron chi connectivity index (χ1n) is 9.74. The summed E-state index contributed by atoms with van der Waals surface area (Å²) >= 11 is 0.